The summed E-state index contributed by atoms with van der Waals surface area (Å²) >= 11 is 1.93. The third kappa shape index (κ3) is 3.75. The monoisotopic (exact) mass is 462 g/mol. The van der Waals surface area contributed by atoms with E-state index in [1.54, 1.807) is 0 Å². The molecule has 0 N–H and O–H groups in total. The summed E-state index contributed by atoms with van der Waals surface area (Å²) in [6.07, 6.45) is 9.13. The SMILES string of the molecule is Cc1ccc2c(c1)sc1cc(-c3cc(-c4ccccc4C)[n+](C)cc3C3CCCCC3)ccc12. The summed E-state index contributed by atoms with van der Waals surface area (Å²) in [5.74, 6) is 0.654. The molecule has 1 fully saturated rings. The number of thiophene rings is 1. The molecule has 2 aromatic heterocycles. The molecule has 1 saturated carbocycles. The molecule has 0 spiro atoms. The van der Waals surface area contributed by atoms with E-state index in [4.69, 9.17) is 0 Å². The second-order valence-electron chi connectivity index (χ2n) is 10.1. The molecule has 0 unspecified atom stereocenters. The second-order valence-corrected chi connectivity index (χ2v) is 11.2. The summed E-state index contributed by atoms with van der Waals surface area (Å²) in [6, 6.07) is 25.2. The van der Waals surface area contributed by atoms with Gasteiger partial charge in [0.25, 0.3) is 0 Å². The van der Waals surface area contributed by atoms with Crippen molar-refractivity contribution in [1.82, 2.24) is 0 Å². The average molecular weight is 463 g/mol. The molecule has 1 nitrogen and oxygen atoms in total. The van der Waals surface area contributed by atoms with Gasteiger partial charge >= 0.3 is 0 Å². The lowest BCUT2D eigenvalue weighted by Gasteiger charge is -2.24. The van der Waals surface area contributed by atoms with Crippen molar-refractivity contribution >= 4 is 31.5 Å². The summed E-state index contributed by atoms with van der Waals surface area (Å²) in [4.78, 5) is 0. The zero-order valence-electron chi connectivity index (χ0n) is 20.4. The Labute approximate surface area is 206 Å². The van der Waals surface area contributed by atoms with Gasteiger partial charge in [-0.1, -0.05) is 61.7 Å². The molecule has 34 heavy (non-hydrogen) atoms. The molecule has 5 aromatic rings. The summed E-state index contributed by atoms with van der Waals surface area (Å²) < 4.78 is 5.13. The number of rotatable bonds is 3. The van der Waals surface area contributed by atoms with Crippen LogP contribution in [-0.2, 0) is 7.05 Å². The van der Waals surface area contributed by atoms with Gasteiger partial charge in [0.2, 0.25) is 5.69 Å². The number of hydrogen-bond acceptors (Lipinski definition) is 1. The number of benzene rings is 3. The number of aromatic nitrogens is 1. The van der Waals surface area contributed by atoms with E-state index in [9.17, 15) is 0 Å². The van der Waals surface area contributed by atoms with E-state index in [2.05, 4.69) is 98.4 Å². The Morgan fingerprint density at radius 2 is 1.50 bits per heavy atom. The van der Waals surface area contributed by atoms with Crippen molar-refractivity contribution in [2.75, 3.05) is 0 Å². The molecule has 170 valence electrons. The van der Waals surface area contributed by atoms with Crippen LogP contribution in [0.4, 0.5) is 0 Å². The molecule has 6 rings (SSSR count). The molecule has 0 saturated heterocycles. The summed E-state index contributed by atoms with van der Waals surface area (Å²) in [5, 5.41) is 2.76. The third-order valence-electron chi connectivity index (χ3n) is 7.71. The summed E-state index contributed by atoms with van der Waals surface area (Å²) in [7, 11) is 2.22. The largest absolute Gasteiger partial charge is 0.213 e. The quantitative estimate of drug-likeness (QED) is 0.236. The minimum atomic E-state index is 0.654. The Hall–Kier alpha value is -2.97. The van der Waals surface area contributed by atoms with Gasteiger partial charge in [0.15, 0.2) is 6.20 Å². The minimum absolute atomic E-state index is 0.654. The van der Waals surface area contributed by atoms with E-state index in [1.165, 1.54) is 91.4 Å². The minimum Gasteiger partial charge on any atom is -0.201 e. The third-order valence-corrected chi connectivity index (χ3v) is 8.83. The van der Waals surface area contributed by atoms with Crippen LogP contribution in [0, 0.1) is 13.8 Å². The smallest absolute Gasteiger partial charge is 0.201 e. The number of nitrogens with zero attached hydrogens (tertiary/aromatic N) is 1. The Bertz CT molecular complexity index is 1520. The van der Waals surface area contributed by atoms with Gasteiger partial charge in [-0.15, -0.1) is 11.3 Å². The van der Waals surface area contributed by atoms with Crippen LogP contribution in [0.15, 0.2) is 72.9 Å². The Balaban J connectivity index is 1.57. The van der Waals surface area contributed by atoms with Crippen LogP contribution in [0.1, 0.15) is 54.7 Å². The highest BCUT2D eigenvalue weighted by Crippen LogP contribution is 2.42. The van der Waals surface area contributed by atoms with Gasteiger partial charge in [-0.2, -0.15) is 0 Å². The Morgan fingerprint density at radius 1 is 0.765 bits per heavy atom. The number of aryl methyl sites for hydroxylation is 3. The van der Waals surface area contributed by atoms with E-state index in [-0.39, 0.29) is 0 Å². The first kappa shape index (κ1) is 21.6. The standard InChI is InChI=1S/C32H32NS/c1-21-13-15-26-27-16-14-24(18-32(27)34-31(26)17-21)28-19-30(25-12-8-7-9-22(25)2)33(3)20-29(28)23-10-5-4-6-11-23/h7-9,12-20,23H,4-6,10-11H2,1-3H3/q+1. The lowest BCUT2D eigenvalue weighted by molar-refractivity contribution is -0.660. The highest BCUT2D eigenvalue weighted by atomic mass is 32.1. The van der Waals surface area contributed by atoms with E-state index in [1.807, 2.05) is 11.3 Å². The van der Waals surface area contributed by atoms with E-state index >= 15 is 0 Å². The first-order chi connectivity index (χ1) is 16.6. The van der Waals surface area contributed by atoms with Gasteiger partial charge in [-0.25, -0.2) is 4.57 Å². The number of fused-ring (bicyclic) bond motifs is 3. The van der Waals surface area contributed by atoms with Gasteiger partial charge in [0.1, 0.15) is 7.05 Å². The molecule has 0 aliphatic heterocycles. The van der Waals surface area contributed by atoms with Gasteiger partial charge < -0.3 is 0 Å². The highest BCUT2D eigenvalue weighted by molar-refractivity contribution is 7.25. The average Bonchev–Trinajstić information content (AvgIpc) is 3.21. The molecule has 2 heteroatoms. The van der Waals surface area contributed by atoms with E-state index in [0.29, 0.717) is 5.92 Å². The first-order valence-electron chi connectivity index (χ1n) is 12.6. The van der Waals surface area contributed by atoms with Gasteiger partial charge in [-0.05, 0) is 73.1 Å². The Kier molecular flexibility index (Phi) is 5.50. The topological polar surface area (TPSA) is 3.88 Å². The molecule has 0 bridgehead atoms. The maximum atomic E-state index is 2.46. The maximum absolute atomic E-state index is 2.46. The summed E-state index contributed by atoms with van der Waals surface area (Å²) in [5.41, 5.74) is 9.56. The predicted molar refractivity (Wildman–Crippen MR) is 147 cm³/mol. The molecule has 2 heterocycles. The molecular weight excluding hydrogens is 430 g/mol. The fourth-order valence-corrected chi connectivity index (χ4v) is 7.08. The van der Waals surface area contributed by atoms with Crippen molar-refractivity contribution in [1.29, 1.82) is 0 Å². The van der Waals surface area contributed by atoms with Crippen molar-refractivity contribution in [3.05, 3.63) is 89.6 Å². The normalized spacial score (nSPS) is 14.8. The number of pyridine rings is 1. The van der Waals surface area contributed by atoms with Crippen molar-refractivity contribution < 1.29 is 4.57 Å². The zero-order chi connectivity index (χ0) is 23.2. The van der Waals surface area contributed by atoms with Crippen LogP contribution in [0.25, 0.3) is 42.6 Å². The van der Waals surface area contributed by atoms with Crippen LogP contribution in [0.2, 0.25) is 0 Å². The predicted octanol–water partition coefficient (Wildman–Crippen LogP) is 8.88. The molecule has 1 aliphatic rings. The van der Waals surface area contributed by atoms with Gasteiger partial charge in [-0.3, -0.25) is 0 Å². The zero-order valence-corrected chi connectivity index (χ0v) is 21.2. The lowest BCUT2D eigenvalue weighted by Crippen LogP contribution is -2.32. The van der Waals surface area contributed by atoms with Crippen molar-refractivity contribution in [2.45, 2.75) is 51.9 Å². The molecule has 3 aromatic carbocycles. The maximum Gasteiger partial charge on any atom is 0.213 e. The van der Waals surface area contributed by atoms with Crippen LogP contribution in [-0.4, -0.2) is 0 Å². The molecular formula is C32H32NS+. The highest BCUT2D eigenvalue weighted by Gasteiger charge is 2.25. The molecule has 0 radical (unpaired) electrons. The number of hydrogen-bond donors (Lipinski definition) is 0. The Morgan fingerprint density at radius 3 is 2.29 bits per heavy atom. The molecule has 1 aliphatic carbocycles. The molecule has 0 amide bonds. The lowest BCUT2D eigenvalue weighted by atomic mass is 9.81. The van der Waals surface area contributed by atoms with Crippen molar-refractivity contribution in [3.63, 3.8) is 0 Å². The first-order valence-corrected chi connectivity index (χ1v) is 13.4. The van der Waals surface area contributed by atoms with E-state index < -0.39 is 0 Å². The van der Waals surface area contributed by atoms with Crippen molar-refractivity contribution in [2.24, 2.45) is 7.05 Å². The van der Waals surface area contributed by atoms with Gasteiger partial charge in [0, 0.05) is 37.4 Å². The van der Waals surface area contributed by atoms with Crippen LogP contribution < -0.4 is 4.57 Å². The van der Waals surface area contributed by atoms with Gasteiger partial charge in [0.05, 0.1) is 0 Å². The molecule has 0 atom stereocenters. The summed E-state index contributed by atoms with van der Waals surface area (Å²) in [6.45, 7) is 4.40. The van der Waals surface area contributed by atoms with Crippen molar-refractivity contribution in [3.8, 4) is 22.4 Å². The second kappa shape index (κ2) is 8.67. The van der Waals surface area contributed by atoms with E-state index in [0.717, 1.165) is 0 Å². The fourth-order valence-electron chi connectivity index (χ4n) is 5.84. The van der Waals surface area contributed by atoms with Crippen LogP contribution in [0.3, 0.4) is 0 Å². The fraction of sp³-hybridized carbons (Fsp3) is 0.281. The van der Waals surface area contributed by atoms with Crippen LogP contribution >= 0.6 is 11.3 Å². The van der Waals surface area contributed by atoms with Crippen LogP contribution in [0.5, 0.6) is 0 Å².